The van der Waals surface area contributed by atoms with Crippen molar-refractivity contribution in [3.63, 3.8) is 0 Å². The second-order valence-electron chi connectivity index (χ2n) is 3.32. The highest BCUT2D eigenvalue weighted by atomic mass is 35.7. The minimum absolute atomic E-state index is 0.181. The number of hydrogen-bond acceptors (Lipinski definition) is 4. The highest BCUT2D eigenvalue weighted by Gasteiger charge is 2.17. The lowest BCUT2D eigenvalue weighted by atomic mass is 10.4. The maximum absolute atomic E-state index is 11.1. The van der Waals surface area contributed by atoms with Crippen LogP contribution in [0.25, 0.3) is 4.96 Å². The van der Waals surface area contributed by atoms with E-state index < -0.39 is 9.05 Å². The first-order chi connectivity index (χ1) is 6.88. The number of halogens is 1. The Morgan fingerprint density at radius 2 is 2.20 bits per heavy atom. The van der Waals surface area contributed by atoms with Gasteiger partial charge in [0.15, 0.2) is 4.96 Å². The molecule has 0 saturated carbocycles. The summed E-state index contributed by atoms with van der Waals surface area (Å²) in [6, 6.07) is 0. The Morgan fingerprint density at radius 1 is 1.53 bits per heavy atom. The Labute approximate surface area is 95.9 Å². The molecule has 82 valence electrons. The van der Waals surface area contributed by atoms with Crippen molar-refractivity contribution in [1.29, 1.82) is 0 Å². The van der Waals surface area contributed by atoms with Crippen LogP contribution in [0.1, 0.15) is 17.1 Å². The quantitative estimate of drug-likeness (QED) is 0.781. The normalized spacial score (nSPS) is 12.5. The van der Waals surface area contributed by atoms with E-state index in [2.05, 4.69) is 4.98 Å². The number of thiazole rings is 1. The van der Waals surface area contributed by atoms with Crippen molar-refractivity contribution >= 4 is 36.0 Å². The van der Waals surface area contributed by atoms with Crippen LogP contribution in [0.2, 0.25) is 0 Å². The third-order valence-corrected chi connectivity index (χ3v) is 4.03. The predicted octanol–water partition coefficient (Wildman–Crippen LogP) is 2.08. The van der Waals surface area contributed by atoms with Crippen molar-refractivity contribution in [3.8, 4) is 0 Å². The van der Waals surface area contributed by atoms with Crippen LogP contribution in [0.15, 0.2) is 5.38 Å². The second kappa shape index (κ2) is 3.47. The summed E-state index contributed by atoms with van der Waals surface area (Å²) in [5, 5.41) is 1.94. The predicted molar refractivity (Wildman–Crippen MR) is 61.0 cm³/mol. The molecule has 0 amide bonds. The number of aromatic nitrogens is 2. The van der Waals surface area contributed by atoms with Crippen LogP contribution in [0.4, 0.5) is 0 Å². The van der Waals surface area contributed by atoms with E-state index in [0.29, 0.717) is 11.4 Å². The molecule has 0 bridgehead atoms. The highest BCUT2D eigenvalue weighted by molar-refractivity contribution is 8.13. The largest absolute Gasteiger partial charge is 0.291 e. The lowest BCUT2D eigenvalue weighted by Gasteiger charge is -1.99. The van der Waals surface area contributed by atoms with Gasteiger partial charge in [-0.2, -0.15) is 0 Å². The van der Waals surface area contributed by atoms with Gasteiger partial charge in [-0.05, 0) is 13.8 Å². The van der Waals surface area contributed by atoms with Gasteiger partial charge in [-0.3, -0.25) is 4.40 Å². The van der Waals surface area contributed by atoms with Crippen LogP contribution in [0, 0.1) is 13.8 Å². The van der Waals surface area contributed by atoms with E-state index in [1.54, 1.807) is 6.92 Å². The lowest BCUT2D eigenvalue weighted by molar-refractivity contribution is 0.608. The number of imidazole rings is 1. The first kappa shape index (κ1) is 10.9. The summed E-state index contributed by atoms with van der Waals surface area (Å²) >= 11 is 1.49. The first-order valence-electron chi connectivity index (χ1n) is 4.23. The van der Waals surface area contributed by atoms with Crippen molar-refractivity contribution in [2.75, 3.05) is 0 Å². The van der Waals surface area contributed by atoms with Crippen molar-refractivity contribution in [2.45, 2.75) is 19.6 Å². The fourth-order valence-corrected chi connectivity index (χ4v) is 3.41. The van der Waals surface area contributed by atoms with E-state index in [4.69, 9.17) is 10.7 Å². The third-order valence-electron chi connectivity index (χ3n) is 2.14. The monoisotopic (exact) mass is 264 g/mol. The molecule has 0 unspecified atom stereocenters. The second-order valence-corrected chi connectivity index (χ2v) is 6.94. The average Bonchev–Trinajstić information content (AvgIpc) is 2.54. The summed E-state index contributed by atoms with van der Waals surface area (Å²) in [4.78, 5) is 5.08. The highest BCUT2D eigenvalue weighted by Crippen LogP contribution is 2.22. The number of aryl methyl sites for hydroxylation is 2. The van der Waals surface area contributed by atoms with E-state index in [-0.39, 0.29) is 5.75 Å². The van der Waals surface area contributed by atoms with Gasteiger partial charge < -0.3 is 0 Å². The molecule has 2 aromatic rings. The molecular formula is C8H9ClN2O2S2. The van der Waals surface area contributed by atoms with Gasteiger partial charge in [-0.15, -0.1) is 11.3 Å². The molecule has 2 heterocycles. The molecule has 0 N–H and O–H groups in total. The Balaban J connectivity index is 2.67. The molecule has 0 radical (unpaired) electrons. The van der Waals surface area contributed by atoms with Crippen molar-refractivity contribution in [2.24, 2.45) is 0 Å². The molecule has 0 aliphatic rings. The Bertz CT molecular complexity index is 612. The van der Waals surface area contributed by atoms with Gasteiger partial charge in [0, 0.05) is 21.8 Å². The molecule has 0 fully saturated rings. The molecule has 2 rings (SSSR count). The molecule has 0 aliphatic heterocycles. The van der Waals surface area contributed by atoms with Crippen molar-refractivity contribution < 1.29 is 8.42 Å². The van der Waals surface area contributed by atoms with Crippen molar-refractivity contribution in [3.05, 3.63) is 22.5 Å². The Kier molecular flexibility index (Phi) is 2.52. The minimum Gasteiger partial charge on any atom is -0.291 e. The smallest absolute Gasteiger partial charge is 0.238 e. The zero-order chi connectivity index (χ0) is 11.2. The summed E-state index contributed by atoms with van der Waals surface area (Å²) < 4.78 is 23.9. The van der Waals surface area contributed by atoms with Crippen LogP contribution in [0.5, 0.6) is 0 Å². The topological polar surface area (TPSA) is 51.4 Å². The third kappa shape index (κ3) is 2.02. The number of nitrogens with zero attached hydrogens (tertiary/aromatic N) is 2. The fraction of sp³-hybridized carbons (Fsp3) is 0.375. The van der Waals surface area contributed by atoms with Crippen LogP contribution < -0.4 is 0 Å². The molecule has 2 aromatic heterocycles. The molecule has 0 atom stereocenters. The molecular weight excluding hydrogens is 256 g/mol. The summed E-state index contributed by atoms with van der Waals surface area (Å²) in [5.74, 6) is -0.181. The van der Waals surface area contributed by atoms with Gasteiger partial charge >= 0.3 is 0 Å². The summed E-state index contributed by atoms with van der Waals surface area (Å²) in [7, 11) is 1.71. The SMILES string of the molecule is Cc1nc2scc(C)n2c1CS(=O)(=O)Cl. The summed E-state index contributed by atoms with van der Waals surface area (Å²) in [6.07, 6.45) is 0. The first-order valence-corrected chi connectivity index (χ1v) is 7.58. The van der Waals surface area contributed by atoms with Crippen LogP contribution in [-0.4, -0.2) is 17.8 Å². The molecule has 0 aromatic carbocycles. The van der Waals surface area contributed by atoms with Gasteiger partial charge in [0.1, 0.15) is 5.75 Å². The summed E-state index contributed by atoms with van der Waals surface area (Å²) in [6.45, 7) is 3.70. The standard InChI is InChI=1S/C8H9ClN2O2S2/c1-5-3-14-8-10-6(2)7(11(5)8)4-15(9,12)13/h3H,4H2,1-2H3. The van der Waals surface area contributed by atoms with Gasteiger partial charge in [0.05, 0.1) is 11.4 Å². The molecule has 0 saturated heterocycles. The Hall–Kier alpha value is -0.590. The average molecular weight is 265 g/mol. The van der Waals surface area contributed by atoms with E-state index in [1.807, 2.05) is 16.7 Å². The van der Waals surface area contributed by atoms with Crippen LogP contribution in [0.3, 0.4) is 0 Å². The van der Waals surface area contributed by atoms with E-state index in [0.717, 1.165) is 10.7 Å². The van der Waals surface area contributed by atoms with Gasteiger partial charge in [-0.25, -0.2) is 13.4 Å². The fourth-order valence-electron chi connectivity index (χ4n) is 1.50. The molecule has 4 nitrogen and oxygen atoms in total. The number of fused-ring (bicyclic) bond motifs is 1. The van der Waals surface area contributed by atoms with Gasteiger partial charge in [0.2, 0.25) is 9.05 Å². The van der Waals surface area contributed by atoms with E-state index >= 15 is 0 Å². The van der Waals surface area contributed by atoms with Crippen molar-refractivity contribution in [1.82, 2.24) is 9.38 Å². The zero-order valence-corrected chi connectivity index (χ0v) is 10.6. The Morgan fingerprint density at radius 3 is 2.80 bits per heavy atom. The summed E-state index contributed by atoms with van der Waals surface area (Å²) in [5.41, 5.74) is 2.35. The molecule has 0 spiro atoms. The molecule has 15 heavy (non-hydrogen) atoms. The minimum atomic E-state index is -3.54. The van der Waals surface area contributed by atoms with Gasteiger partial charge in [0.25, 0.3) is 0 Å². The maximum atomic E-state index is 11.1. The van der Waals surface area contributed by atoms with Gasteiger partial charge in [-0.1, -0.05) is 0 Å². The van der Waals surface area contributed by atoms with E-state index in [9.17, 15) is 8.42 Å². The molecule has 0 aliphatic carbocycles. The lowest BCUT2D eigenvalue weighted by Crippen LogP contribution is -2.01. The zero-order valence-electron chi connectivity index (χ0n) is 8.19. The van der Waals surface area contributed by atoms with Crippen LogP contribution >= 0.6 is 22.0 Å². The number of hydrogen-bond donors (Lipinski definition) is 0. The van der Waals surface area contributed by atoms with E-state index in [1.165, 1.54) is 11.3 Å². The number of rotatable bonds is 2. The maximum Gasteiger partial charge on any atom is 0.238 e. The molecule has 7 heteroatoms. The van der Waals surface area contributed by atoms with Crippen LogP contribution in [-0.2, 0) is 14.8 Å².